The zero-order chi connectivity index (χ0) is 18.1. The number of hydrogen-bond donors (Lipinski definition) is 1. The quantitative estimate of drug-likeness (QED) is 0.715. The maximum absolute atomic E-state index is 13.2. The van der Waals surface area contributed by atoms with Crippen molar-refractivity contribution in [3.05, 3.63) is 89.2 Å². The van der Waals surface area contributed by atoms with Crippen LogP contribution in [0.4, 0.5) is 10.5 Å². The minimum absolute atomic E-state index is 0.0556. The summed E-state index contributed by atoms with van der Waals surface area (Å²) in [5.41, 5.74) is 5.45. The fraction of sp³-hybridized carbons (Fsp3) is 0.227. The average Bonchev–Trinajstić information content (AvgIpc) is 3.12. The topological polar surface area (TPSA) is 37.3 Å². The molecule has 2 amide bonds. The molecule has 1 aliphatic rings. The van der Waals surface area contributed by atoms with Crippen LogP contribution in [0.2, 0.25) is 0 Å². The maximum atomic E-state index is 13.2. The Morgan fingerprint density at radius 2 is 1.65 bits per heavy atom. The molecule has 4 heteroatoms. The van der Waals surface area contributed by atoms with Gasteiger partial charge in [-0.05, 0) is 48.7 Å². The van der Waals surface area contributed by atoms with Gasteiger partial charge in [-0.15, -0.1) is 0 Å². The molecule has 1 aromatic heterocycles. The first-order chi connectivity index (χ1) is 12.6. The molecule has 0 saturated heterocycles. The van der Waals surface area contributed by atoms with E-state index in [1.165, 1.54) is 11.1 Å². The van der Waals surface area contributed by atoms with Crippen LogP contribution < -0.4 is 5.32 Å². The van der Waals surface area contributed by atoms with E-state index < -0.39 is 0 Å². The number of fused-ring (bicyclic) bond motifs is 1. The molecule has 0 bridgehead atoms. The number of nitrogens with zero attached hydrogens (tertiary/aromatic N) is 2. The van der Waals surface area contributed by atoms with Crippen LogP contribution in [0.3, 0.4) is 0 Å². The highest BCUT2D eigenvalue weighted by Crippen LogP contribution is 2.34. The molecule has 0 spiro atoms. The van der Waals surface area contributed by atoms with Crippen LogP contribution in [0.1, 0.15) is 28.4 Å². The predicted molar refractivity (Wildman–Crippen MR) is 104 cm³/mol. The molecule has 1 N–H and O–H groups in total. The monoisotopic (exact) mass is 345 g/mol. The van der Waals surface area contributed by atoms with Crippen LogP contribution in [0.15, 0.2) is 66.9 Å². The number of carbonyl (C=O) groups excluding carboxylic acids is 1. The first-order valence-corrected chi connectivity index (χ1v) is 8.99. The summed E-state index contributed by atoms with van der Waals surface area (Å²) in [5.74, 6) is 0. The smallest absolute Gasteiger partial charge is 0.322 e. The Morgan fingerprint density at radius 1 is 0.923 bits per heavy atom. The van der Waals surface area contributed by atoms with Gasteiger partial charge in [0.1, 0.15) is 0 Å². The molecule has 1 aliphatic heterocycles. The highest BCUT2D eigenvalue weighted by atomic mass is 16.2. The molecular formula is C22H23N3O. The molecule has 3 aromatic rings. The summed E-state index contributed by atoms with van der Waals surface area (Å²) in [6.45, 7) is 5.61. The Morgan fingerprint density at radius 3 is 2.42 bits per heavy atom. The number of aromatic nitrogens is 1. The maximum Gasteiger partial charge on any atom is 0.322 e. The van der Waals surface area contributed by atoms with Crippen LogP contribution in [0, 0.1) is 13.8 Å². The lowest BCUT2D eigenvalue weighted by Gasteiger charge is -2.38. The van der Waals surface area contributed by atoms with Gasteiger partial charge in [0, 0.05) is 30.7 Å². The summed E-state index contributed by atoms with van der Waals surface area (Å²) < 4.78 is 2.24. The summed E-state index contributed by atoms with van der Waals surface area (Å²) in [4.78, 5) is 15.1. The molecular weight excluding hydrogens is 322 g/mol. The van der Waals surface area contributed by atoms with Gasteiger partial charge in [0.05, 0.1) is 6.04 Å². The average molecular weight is 345 g/mol. The van der Waals surface area contributed by atoms with Crippen LogP contribution in [0.25, 0.3) is 0 Å². The minimum Gasteiger partial charge on any atom is -0.348 e. The Balaban J connectivity index is 1.71. The van der Waals surface area contributed by atoms with Crippen LogP contribution in [-0.2, 0) is 6.54 Å². The molecule has 2 heterocycles. The van der Waals surface area contributed by atoms with Crippen molar-refractivity contribution < 1.29 is 4.79 Å². The second kappa shape index (κ2) is 6.71. The van der Waals surface area contributed by atoms with Crippen molar-refractivity contribution in [1.29, 1.82) is 0 Å². The van der Waals surface area contributed by atoms with Gasteiger partial charge >= 0.3 is 6.03 Å². The Kier molecular flexibility index (Phi) is 4.25. The van der Waals surface area contributed by atoms with E-state index in [1.54, 1.807) is 0 Å². The largest absolute Gasteiger partial charge is 0.348 e. The number of carbonyl (C=O) groups is 1. The highest BCUT2D eigenvalue weighted by Gasteiger charge is 2.33. The van der Waals surface area contributed by atoms with Gasteiger partial charge in [-0.1, -0.05) is 42.5 Å². The zero-order valence-corrected chi connectivity index (χ0v) is 15.1. The molecule has 4 nitrogen and oxygen atoms in total. The number of rotatable bonds is 2. The Labute approximate surface area is 154 Å². The number of hydrogen-bond acceptors (Lipinski definition) is 1. The number of aryl methyl sites for hydroxylation is 2. The summed E-state index contributed by atoms with van der Waals surface area (Å²) in [7, 11) is 0. The van der Waals surface area contributed by atoms with E-state index in [9.17, 15) is 4.79 Å². The fourth-order valence-corrected chi connectivity index (χ4v) is 3.72. The van der Waals surface area contributed by atoms with Gasteiger partial charge in [0.2, 0.25) is 0 Å². The third-order valence-corrected chi connectivity index (χ3v) is 5.17. The van der Waals surface area contributed by atoms with E-state index in [2.05, 4.69) is 47.3 Å². The predicted octanol–water partition coefficient (Wildman–Crippen LogP) is 4.74. The fourth-order valence-electron chi connectivity index (χ4n) is 3.72. The van der Waals surface area contributed by atoms with Crippen molar-refractivity contribution in [1.82, 2.24) is 9.47 Å². The lowest BCUT2D eigenvalue weighted by atomic mass is 9.96. The minimum atomic E-state index is -0.0797. The van der Waals surface area contributed by atoms with Crippen LogP contribution in [0.5, 0.6) is 0 Å². The van der Waals surface area contributed by atoms with Gasteiger partial charge in [0.25, 0.3) is 0 Å². The summed E-state index contributed by atoms with van der Waals surface area (Å²) >= 11 is 0. The van der Waals surface area contributed by atoms with Crippen molar-refractivity contribution in [2.24, 2.45) is 0 Å². The van der Waals surface area contributed by atoms with Crippen molar-refractivity contribution in [3.63, 3.8) is 0 Å². The summed E-state index contributed by atoms with van der Waals surface area (Å²) in [6.07, 6.45) is 2.09. The second-order valence-electron chi connectivity index (χ2n) is 6.82. The lowest BCUT2D eigenvalue weighted by molar-refractivity contribution is 0.181. The molecule has 26 heavy (non-hydrogen) atoms. The van der Waals surface area contributed by atoms with Crippen molar-refractivity contribution in [2.75, 3.05) is 11.9 Å². The van der Waals surface area contributed by atoms with E-state index in [0.717, 1.165) is 23.5 Å². The molecule has 0 fully saturated rings. The number of nitrogens with one attached hydrogen (secondary N) is 1. The van der Waals surface area contributed by atoms with E-state index in [0.29, 0.717) is 6.54 Å². The standard InChI is InChI=1S/C22H23N3O/c1-16-8-3-5-10-18(16)21-20-12-7-13-24(20)14-15-25(21)22(26)23-19-11-6-4-9-17(19)2/h3-13,21H,14-15H2,1-2H3,(H,23,26). The Bertz CT molecular complexity index is 944. The molecule has 1 atom stereocenters. The van der Waals surface area contributed by atoms with E-state index in [4.69, 9.17) is 0 Å². The highest BCUT2D eigenvalue weighted by molar-refractivity contribution is 5.90. The Hall–Kier alpha value is -3.01. The van der Waals surface area contributed by atoms with Crippen LogP contribution in [-0.4, -0.2) is 22.0 Å². The number of para-hydroxylation sites is 1. The van der Waals surface area contributed by atoms with Gasteiger partial charge in [-0.2, -0.15) is 0 Å². The number of benzene rings is 2. The van der Waals surface area contributed by atoms with E-state index >= 15 is 0 Å². The SMILES string of the molecule is Cc1ccccc1NC(=O)N1CCn2cccc2C1c1ccccc1C. The van der Waals surface area contributed by atoms with Crippen LogP contribution >= 0.6 is 0 Å². The van der Waals surface area contributed by atoms with Crippen molar-refractivity contribution in [3.8, 4) is 0 Å². The summed E-state index contributed by atoms with van der Waals surface area (Å²) in [6, 6.07) is 20.2. The molecule has 1 unspecified atom stereocenters. The van der Waals surface area contributed by atoms with Gasteiger partial charge in [0.15, 0.2) is 0 Å². The molecule has 0 aliphatic carbocycles. The first-order valence-electron chi connectivity index (χ1n) is 8.99. The van der Waals surface area contributed by atoms with Gasteiger partial charge in [-0.3, -0.25) is 0 Å². The third kappa shape index (κ3) is 2.88. The molecule has 0 radical (unpaired) electrons. The molecule has 0 saturated carbocycles. The van der Waals surface area contributed by atoms with Gasteiger partial charge in [-0.25, -0.2) is 4.79 Å². The van der Waals surface area contributed by atoms with E-state index in [-0.39, 0.29) is 12.1 Å². The number of urea groups is 1. The molecule has 2 aromatic carbocycles. The first kappa shape index (κ1) is 16.5. The number of amides is 2. The normalized spacial score (nSPS) is 16.2. The second-order valence-corrected chi connectivity index (χ2v) is 6.82. The molecule has 4 rings (SSSR count). The van der Waals surface area contributed by atoms with E-state index in [1.807, 2.05) is 48.2 Å². The van der Waals surface area contributed by atoms with Gasteiger partial charge < -0.3 is 14.8 Å². The van der Waals surface area contributed by atoms with Crippen molar-refractivity contribution >= 4 is 11.7 Å². The zero-order valence-electron chi connectivity index (χ0n) is 15.1. The van der Waals surface area contributed by atoms with Crippen molar-refractivity contribution in [2.45, 2.75) is 26.4 Å². The summed E-state index contributed by atoms with van der Waals surface area (Å²) in [5, 5.41) is 3.10. The third-order valence-electron chi connectivity index (χ3n) is 5.17. The molecule has 132 valence electrons. The number of anilines is 1. The lowest BCUT2D eigenvalue weighted by Crippen LogP contribution is -2.44.